The number of nitrogens with one attached hydrogen (secondary N) is 1. The van der Waals surface area contributed by atoms with E-state index in [4.69, 9.17) is 16.3 Å². The molecule has 0 unspecified atom stereocenters. The Balaban J connectivity index is 1.69. The van der Waals surface area contributed by atoms with Crippen LogP contribution in [0.4, 0.5) is 5.69 Å². The summed E-state index contributed by atoms with van der Waals surface area (Å²) >= 11 is 6.26. The molecule has 3 rings (SSSR count). The lowest BCUT2D eigenvalue weighted by Gasteiger charge is -2.25. The zero-order valence-electron chi connectivity index (χ0n) is 17.9. The van der Waals surface area contributed by atoms with E-state index >= 15 is 0 Å². The van der Waals surface area contributed by atoms with E-state index in [1.54, 1.807) is 42.5 Å². The van der Waals surface area contributed by atoms with Gasteiger partial charge < -0.3 is 10.1 Å². The van der Waals surface area contributed by atoms with Gasteiger partial charge in [0.25, 0.3) is 10.0 Å². The van der Waals surface area contributed by atoms with Gasteiger partial charge >= 0.3 is 0 Å². The van der Waals surface area contributed by atoms with Crippen molar-refractivity contribution in [3.8, 4) is 5.75 Å². The highest BCUT2D eigenvalue weighted by Gasteiger charge is 2.28. The lowest BCUT2D eigenvalue weighted by atomic mass is 10.1. The Labute approximate surface area is 193 Å². The van der Waals surface area contributed by atoms with Crippen LogP contribution in [0, 0.1) is 13.8 Å². The number of ether oxygens (including phenoxy) is 1. The average molecular weight is 473 g/mol. The lowest BCUT2D eigenvalue weighted by molar-refractivity contribution is -0.119. The number of anilines is 1. The van der Waals surface area contributed by atoms with Crippen LogP contribution in [0.25, 0.3) is 0 Å². The number of hydrogen-bond acceptors (Lipinski definition) is 4. The molecule has 0 aliphatic rings. The summed E-state index contributed by atoms with van der Waals surface area (Å²) in [5, 5.41) is 2.95. The number of carbonyl (C=O) groups excluding carboxylic acids is 1. The Kier molecular flexibility index (Phi) is 7.77. The van der Waals surface area contributed by atoms with E-state index in [1.807, 2.05) is 32.0 Å². The zero-order chi connectivity index (χ0) is 23.1. The van der Waals surface area contributed by atoms with E-state index in [1.165, 1.54) is 12.1 Å². The van der Waals surface area contributed by atoms with E-state index in [0.29, 0.717) is 0 Å². The Morgan fingerprint density at radius 1 is 1.00 bits per heavy atom. The Bertz CT molecular complexity index is 1180. The number of nitrogens with zero attached hydrogens (tertiary/aromatic N) is 1. The van der Waals surface area contributed by atoms with Crippen LogP contribution < -0.4 is 14.4 Å². The number of sulfonamides is 1. The first-order valence-corrected chi connectivity index (χ1v) is 11.9. The molecule has 0 saturated heterocycles. The van der Waals surface area contributed by atoms with Crippen LogP contribution in [-0.2, 0) is 14.8 Å². The molecule has 0 bridgehead atoms. The molecule has 168 valence electrons. The summed E-state index contributed by atoms with van der Waals surface area (Å²) in [6.07, 6.45) is 0. The molecule has 1 amide bonds. The maximum Gasteiger partial charge on any atom is 0.264 e. The number of benzene rings is 3. The third-order valence-corrected chi connectivity index (χ3v) is 6.85. The summed E-state index contributed by atoms with van der Waals surface area (Å²) in [4.78, 5) is 12.7. The average Bonchev–Trinajstić information content (AvgIpc) is 2.77. The normalized spacial score (nSPS) is 11.1. The number of para-hydroxylation sites is 1. The number of carbonyl (C=O) groups is 1. The van der Waals surface area contributed by atoms with Gasteiger partial charge in [0, 0.05) is 0 Å². The monoisotopic (exact) mass is 472 g/mol. The van der Waals surface area contributed by atoms with E-state index in [2.05, 4.69) is 5.32 Å². The van der Waals surface area contributed by atoms with Crippen LogP contribution >= 0.6 is 11.6 Å². The Morgan fingerprint density at radius 2 is 1.69 bits per heavy atom. The minimum absolute atomic E-state index is 0.0749. The third-order valence-electron chi connectivity index (χ3n) is 4.75. The maximum atomic E-state index is 13.3. The van der Waals surface area contributed by atoms with Gasteiger partial charge in [-0.05, 0) is 49.7 Å². The van der Waals surface area contributed by atoms with Gasteiger partial charge in [0.1, 0.15) is 18.9 Å². The van der Waals surface area contributed by atoms with Crippen LogP contribution in [-0.4, -0.2) is 34.0 Å². The second-order valence-electron chi connectivity index (χ2n) is 7.24. The highest BCUT2D eigenvalue weighted by Crippen LogP contribution is 2.30. The van der Waals surface area contributed by atoms with Gasteiger partial charge in [-0.15, -0.1) is 0 Å². The fourth-order valence-corrected chi connectivity index (χ4v) is 4.92. The van der Waals surface area contributed by atoms with Gasteiger partial charge in [-0.2, -0.15) is 0 Å². The number of aryl methyl sites for hydroxylation is 2. The molecule has 32 heavy (non-hydrogen) atoms. The molecular formula is C24H25ClN2O4S. The van der Waals surface area contributed by atoms with Gasteiger partial charge in [-0.1, -0.05) is 59.6 Å². The number of halogens is 1. The molecule has 0 radical (unpaired) electrons. The van der Waals surface area contributed by atoms with Crippen molar-refractivity contribution in [2.75, 3.05) is 24.0 Å². The van der Waals surface area contributed by atoms with E-state index in [0.717, 1.165) is 21.2 Å². The maximum absolute atomic E-state index is 13.3. The van der Waals surface area contributed by atoms with Gasteiger partial charge in [-0.25, -0.2) is 8.42 Å². The van der Waals surface area contributed by atoms with Crippen molar-refractivity contribution >= 4 is 33.2 Å². The summed E-state index contributed by atoms with van der Waals surface area (Å²) in [6.45, 7) is 4.04. The van der Waals surface area contributed by atoms with Crippen LogP contribution in [0.2, 0.25) is 5.02 Å². The standard InChI is InChI=1S/C24H25ClN2O4S/c1-18-12-13-23(19(2)16-18)31-15-14-26-24(28)17-27(22-11-7-6-10-21(22)25)32(29,30)20-8-4-3-5-9-20/h3-13,16H,14-15,17H2,1-2H3,(H,26,28). The molecule has 0 aliphatic heterocycles. The topological polar surface area (TPSA) is 75.7 Å². The van der Waals surface area contributed by atoms with Crippen molar-refractivity contribution in [3.63, 3.8) is 0 Å². The van der Waals surface area contributed by atoms with E-state index in [-0.39, 0.29) is 28.8 Å². The Hall–Kier alpha value is -3.03. The molecule has 0 aromatic heterocycles. The van der Waals surface area contributed by atoms with Gasteiger partial charge in [0.05, 0.1) is 22.2 Å². The summed E-state index contributed by atoms with van der Waals surface area (Å²) in [5.41, 5.74) is 2.39. The molecule has 3 aromatic rings. The highest BCUT2D eigenvalue weighted by molar-refractivity contribution is 7.92. The molecule has 0 atom stereocenters. The SMILES string of the molecule is Cc1ccc(OCCNC(=O)CN(c2ccccc2Cl)S(=O)(=O)c2ccccc2)c(C)c1. The molecular weight excluding hydrogens is 448 g/mol. The summed E-state index contributed by atoms with van der Waals surface area (Å²) in [5.74, 6) is 0.280. The third kappa shape index (κ3) is 5.81. The van der Waals surface area contributed by atoms with Crippen LogP contribution in [0.15, 0.2) is 77.7 Å². The first-order chi connectivity index (χ1) is 15.3. The van der Waals surface area contributed by atoms with E-state index < -0.39 is 22.5 Å². The number of amides is 1. The van der Waals surface area contributed by atoms with Crippen LogP contribution in [0.1, 0.15) is 11.1 Å². The van der Waals surface area contributed by atoms with Crippen molar-refractivity contribution < 1.29 is 17.9 Å². The highest BCUT2D eigenvalue weighted by atomic mass is 35.5. The molecule has 0 saturated carbocycles. The second kappa shape index (κ2) is 10.5. The first kappa shape index (κ1) is 23.6. The molecule has 0 fully saturated rings. The fourth-order valence-electron chi connectivity index (χ4n) is 3.17. The van der Waals surface area contributed by atoms with Crippen molar-refractivity contribution in [1.82, 2.24) is 5.32 Å². The predicted molar refractivity (Wildman–Crippen MR) is 127 cm³/mol. The fraction of sp³-hybridized carbons (Fsp3) is 0.208. The van der Waals surface area contributed by atoms with Crippen molar-refractivity contribution in [2.24, 2.45) is 0 Å². The summed E-state index contributed by atoms with van der Waals surface area (Å²) in [7, 11) is -4.00. The molecule has 6 nitrogen and oxygen atoms in total. The zero-order valence-corrected chi connectivity index (χ0v) is 19.5. The Morgan fingerprint density at radius 3 is 2.38 bits per heavy atom. The van der Waals surface area contributed by atoms with Gasteiger partial charge in [0.2, 0.25) is 5.91 Å². The largest absolute Gasteiger partial charge is 0.491 e. The smallest absolute Gasteiger partial charge is 0.264 e. The molecule has 8 heteroatoms. The summed E-state index contributed by atoms with van der Waals surface area (Å²) in [6, 6.07) is 20.3. The minimum atomic E-state index is -4.00. The molecule has 3 aromatic carbocycles. The van der Waals surface area contributed by atoms with Gasteiger partial charge in [0.15, 0.2) is 0 Å². The number of rotatable bonds is 9. The second-order valence-corrected chi connectivity index (χ2v) is 9.51. The van der Waals surface area contributed by atoms with Crippen molar-refractivity contribution in [1.29, 1.82) is 0 Å². The van der Waals surface area contributed by atoms with Gasteiger partial charge in [-0.3, -0.25) is 9.10 Å². The molecule has 1 N–H and O–H groups in total. The molecule has 0 aliphatic carbocycles. The minimum Gasteiger partial charge on any atom is -0.491 e. The quantitative estimate of drug-likeness (QED) is 0.470. The van der Waals surface area contributed by atoms with Crippen molar-refractivity contribution in [3.05, 3.63) is 88.9 Å². The number of hydrogen-bond donors (Lipinski definition) is 1. The molecule has 0 spiro atoms. The predicted octanol–water partition coefficient (Wildman–Crippen LogP) is 4.35. The van der Waals surface area contributed by atoms with Crippen molar-refractivity contribution in [2.45, 2.75) is 18.7 Å². The molecule has 0 heterocycles. The summed E-state index contributed by atoms with van der Waals surface area (Å²) < 4.78 is 33.3. The van der Waals surface area contributed by atoms with Crippen LogP contribution in [0.3, 0.4) is 0 Å². The van der Waals surface area contributed by atoms with E-state index in [9.17, 15) is 13.2 Å². The first-order valence-electron chi connectivity index (χ1n) is 10.1. The lowest BCUT2D eigenvalue weighted by Crippen LogP contribution is -2.42. The van der Waals surface area contributed by atoms with Crippen LogP contribution in [0.5, 0.6) is 5.75 Å².